The predicted molar refractivity (Wildman–Crippen MR) is 154 cm³/mol. The van der Waals surface area contributed by atoms with Gasteiger partial charge in [-0.2, -0.15) is 0 Å². The maximum absolute atomic E-state index is 13.7. The van der Waals surface area contributed by atoms with Crippen molar-refractivity contribution in [3.63, 3.8) is 0 Å². The number of hydrogen-bond donors (Lipinski definition) is 1. The van der Waals surface area contributed by atoms with E-state index in [-0.39, 0.29) is 24.3 Å². The van der Waals surface area contributed by atoms with E-state index < -0.39 is 58.4 Å². The number of imide groups is 1. The Balaban J connectivity index is 1.41. The molecule has 2 saturated heterocycles. The third kappa shape index (κ3) is 5.66. The summed E-state index contributed by atoms with van der Waals surface area (Å²) in [5.41, 5.74) is 2.06. The summed E-state index contributed by atoms with van der Waals surface area (Å²) in [6.07, 6.45) is -4.79. The molecule has 0 bridgehead atoms. The van der Waals surface area contributed by atoms with Crippen LogP contribution in [0.5, 0.6) is 0 Å². The van der Waals surface area contributed by atoms with Crippen LogP contribution >= 0.6 is 34.8 Å². The molecule has 0 spiro atoms. The summed E-state index contributed by atoms with van der Waals surface area (Å²) < 4.78 is 28.6. The van der Waals surface area contributed by atoms with Gasteiger partial charge in [-0.05, 0) is 17.7 Å². The number of benzene rings is 3. The Labute approximate surface area is 256 Å². The molecule has 2 amide bonds. The number of alkyl halides is 3. The monoisotopic (exact) mass is 630 g/mol. The summed E-state index contributed by atoms with van der Waals surface area (Å²) >= 11 is 17.8. The van der Waals surface area contributed by atoms with Gasteiger partial charge in [0.15, 0.2) is 6.29 Å². The van der Waals surface area contributed by atoms with Gasteiger partial charge in [0, 0.05) is 5.56 Å². The lowest BCUT2D eigenvalue weighted by Gasteiger charge is -2.50. The van der Waals surface area contributed by atoms with Crippen molar-refractivity contribution in [3.05, 3.63) is 107 Å². The highest BCUT2D eigenvalue weighted by molar-refractivity contribution is 6.76. The van der Waals surface area contributed by atoms with Crippen LogP contribution in [0.2, 0.25) is 0 Å². The number of carbonyl (C=O) groups is 2. The zero-order valence-corrected chi connectivity index (χ0v) is 24.2. The number of amides is 2. The zero-order valence-electron chi connectivity index (χ0n) is 21.9. The van der Waals surface area contributed by atoms with Gasteiger partial charge < -0.3 is 23.7 Å². The first kappa shape index (κ1) is 29.1. The summed E-state index contributed by atoms with van der Waals surface area (Å²) in [5, 5.41) is 8.26. The van der Waals surface area contributed by atoms with Crippen LogP contribution in [0.1, 0.15) is 38.1 Å². The van der Waals surface area contributed by atoms with Crippen molar-refractivity contribution >= 4 is 52.5 Å². The summed E-state index contributed by atoms with van der Waals surface area (Å²) in [6, 6.07) is 24.0. The molecule has 0 aromatic heterocycles. The summed E-state index contributed by atoms with van der Waals surface area (Å²) in [6.45, 7) is 0.175. The van der Waals surface area contributed by atoms with Gasteiger partial charge in [0.1, 0.15) is 24.4 Å². The molecule has 3 aliphatic rings. The minimum Gasteiger partial charge on any atom is -0.446 e. The van der Waals surface area contributed by atoms with E-state index in [2.05, 4.69) is 0 Å². The van der Waals surface area contributed by atoms with Crippen molar-refractivity contribution in [2.45, 2.75) is 47.3 Å². The summed E-state index contributed by atoms with van der Waals surface area (Å²) in [7, 11) is 0. The summed E-state index contributed by atoms with van der Waals surface area (Å²) in [4.78, 5) is 28.5. The second kappa shape index (κ2) is 11.9. The third-order valence-electron chi connectivity index (χ3n) is 7.28. The molecule has 3 heterocycles. The second-order valence-electron chi connectivity index (χ2n) is 9.94. The Morgan fingerprint density at radius 3 is 2.10 bits per heavy atom. The number of halogens is 3. The molecule has 0 aliphatic carbocycles. The highest BCUT2D eigenvalue weighted by Crippen LogP contribution is 2.41. The number of hydrogen-bond acceptors (Lipinski definition) is 8. The molecule has 3 aromatic carbocycles. The smallest absolute Gasteiger partial charge is 0.265 e. The number of carbonyl (C=O) groups excluding carboxylic acids is 2. The molecule has 0 saturated carbocycles. The van der Waals surface area contributed by atoms with Gasteiger partial charge in [-0.25, -0.2) is 0 Å². The molecular formula is C30H25Cl3N2O7. The van der Waals surface area contributed by atoms with Crippen molar-refractivity contribution in [2.75, 3.05) is 6.61 Å². The Hall–Kier alpha value is -3.02. The fraction of sp³-hybridized carbons (Fsp3) is 0.300. The number of nitrogens with one attached hydrogen (secondary N) is 1. The van der Waals surface area contributed by atoms with Gasteiger partial charge in [0.2, 0.25) is 12.2 Å². The first-order valence-electron chi connectivity index (χ1n) is 13.1. The molecule has 6 atom stereocenters. The first-order chi connectivity index (χ1) is 20.2. The second-order valence-corrected chi connectivity index (χ2v) is 12.2. The maximum Gasteiger partial charge on any atom is 0.265 e. The van der Waals surface area contributed by atoms with Gasteiger partial charge in [0.25, 0.3) is 15.6 Å². The Morgan fingerprint density at radius 1 is 0.881 bits per heavy atom. The van der Waals surface area contributed by atoms with Crippen LogP contribution in [0.4, 0.5) is 0 Å². The van der Waals surface area contributed by atoms with Crippen LogP contribution in [-0.2, 0) is 30.3 Å². The van der Waals surface area contributed by atoms with E-state index in [0.29, 0.717) is 0 Å². The molecule has 218 valence electrons. The first-order valence-corrected chi connectivity index (χ1v) is 14.3. The standard InChI is InChI=1S/C30H25Cl3N2O7/c31-30(32,33)29(34)42-28-22(35-25(36)19-13-7-8-14-20(19)26(35)37)24(38-15-17-9-3-1-4-10-17)23-21(40-28)16-39-27(41-23)18-11-5-2-6-12-18/h1-14,21-24,27-28,34H,15-16H2/t21-,22-,23-,24-,27?,28+/m1/s1. The average molecular weight is 632 g/mol. The van der Waals surface area contributed by atoms with E-state index >= 15 is 0 Å². The van der Waals surface area contributed by atoms with E-state index in [1.165, 1.54) is 0 Å². The highest BCUT2D eigenvalue weighted by Gasteiger charge is 2.58. The van der Waals surface area contributed by atoms with E-state index in [1.807, 2.05) is 60.7 Å². The van der Waals surface area contributed by atoms with Crippen molar-refractivity contribution < 1.29 is 33.3 Å². The van der Waals surface area contributed by atoms with Gasteiger partial charge in [-0.15, -0.1) is 0 Å². The Morgan fingerprint density at radius 2 is 1.48 bits per heavy atom. The third-order valence-corrected chi connectivity index (χ3v) is 7.79. The molecule has 1 unspecified atom stereocenters. The van der Waals surface area contributed by atoms with Crippen molar-refractivity contribution in [1.29, 1.82) is 5.41 Å². The fourth-order valence-corrected chi connectivity index (χ4v) is 5.46. The molecule has 0 radical (unpaired) electrons. The quantitative estimate of drug-likeness (QED) is 0.167. The van der Waals surface area contributed by atoms with Crippen LogP contribution in [0, 0.1) is 5.41 Å². The molecule has 3 aliphatic heterocycles. The number of rotatable bonds is 6. The zero-order chi connectivity index (χ0) is 29.4. The van der Waals surface area contributed by atoms with Crippen LogP contribution in [0.25, 0.3) is 0 Å². The summed E-state index contributed by atoms with van der Waals surface area (Å²) in [5.74, 6) is -1.90. The van der Waals surface area contributed by atoms with Crippen LogP contribution in [-0.4, -0.2) is 63.7 Å². The van der Waals surface area contributed by atoms with Gasteiger partial charge in [0.05, 0.1) is 24.3 Å². The minimum atomic E-state index is -2.23. The van der Waals surface area contributed by atoms with Gasteiger partial charge in [-0.3, -0.25) is 19.9 Å². The molecule has 2 fully saturated rings. The van der Waals surface area contributed by atoms with Crippen LogP contribution in [0.15, 0.2) is 84.9 Å². The van der Waals surface area contributed by atoms with E-state index in [4.69, 9.17) is 63.9 Å². The van der Waals surface area contributed by atoms with Crippen LogP contribution < -0.4 is 0 Å². The number of ether oxygens (including phenoxy) is 5. The molecular weight excluding hydrogens is 607 g/mol. The van der Waals surface area contributed by atoms with Crippen molar-refractivity contribution in [1.82, 2.24) is 4.90 Å². The SMILES string of the molecule is N=C(O[C@@H]1O[C@@H]2COC(c3ccccc3)O[C@H]2[C@H](OCc2ccccc2)[C@H]1N1C(=O)c2ccccc2C1=O)C(Cl)(Cl)Cl. The highest BCUT2D eigenvalue weighted by atomic mass is 35.6. The fourth-order valence-electron chi connectivity index (χ4n) is 5.33. The van der Waals surface area contributed by atoms with Crippen LogP contribution in [0.3, 0.4) is 0 Å². The normalized spacial score (nSPS) is 27.4. The van der Waals surface area contributed by atoms with Crippen molar-refractivity contribution in [3.8, 4) is 0 Å². The maximum atomic E-state index is 13.7. The molecule has 1 N–H and O–H groups in total. The molecule has 3 aromatic rings. The molecule has 9 nitrogen and oxygen atoms in total. The van der Waals surface area contributed by atoms with E-state index in [0.717, 1.165) is 16.0 Å². The van der Waals surface area contributed by atoms with Gasteiger partial charge in [-0.1, -0.05) is 108 Å². The number of nitrogens with zero attached hydrogens (tertiary/aromatic N) is 1. The minimum absolute atomic E-state index is 0.0607. The average Bonchev–Trinajstić information content (AvgIpc) is 3.25. The lowest BCUT2D eigenvalue weighted by Crippen LogP contribution is -2.68. The Kier molecular flexibility index (Phi) is 8.26. The lowest BCUT2D eigenvalue weighted by atomic mass is 9.94. The largest absolute Gasteiger partial charge is 0.446 e. The van der Waals surface area contributed by atoms with Crippen molar-refractivity contribution in [2.24, 2.45) is 0 Å². The van der Waals surface area contributed by atoms with E-state index in [1.54, 1.807) is 24.3 Å². The topological polar surface area (TPSA) is 107 Å². The molecule has 12 heteroatoms. The molecule has 42 heavy (non-hydrogen) atoms. The Bertz CT molecular complexity index is 1440. The predicted octanol–water partition coefficient (Wildman–Crippen LogP) is 5.44. The lowest BCUT2D eigenvalue weighted by molar-refractivity contribution is -0.346. The number of fused-ring (bicyclic) bond motifs is 2. The van der Waals surface area contributed by atoms with Gasteiger partial charge >= 0.3 is 0 Å². The van der Waals surface area contributed by atoms with E-state index in [9.17, 15) is 9.59 Å². The molecule has 6 rings (SSSR count).